The second-order valence-corrected chi connectivity index (χ2v) is 9.66. The predicted molar refractivity (Wildman–Crippen MR) is 80.7 cm³/mol. The van der Waals surface area contributed by atoms with Crippen LogP contribution in [0.25, 0.3) is 0 Å². The monoisotopic (exact) mass is 286 g/mol. The van der Waals surface area contributed by atoms with Gasteiger partial charge in [-0.15, -0.1) is 0 Å². The topological polar surface area (TPSA) is 35.5 Å². The molecule has 4 heteroatoms. The zero-order valence-electron chi connectivity index (χ0n) is 13.4. The Balaban J connectivity index is 2.58. The van der Waals surface area contributed by atoms with Gasteiger partial charge < -0.3 is 9.16 Å². The van der Waals surface area contributed by atoms with E-state index >= 15 is 0 Å². The molecule has 1 rings (SSSR count). The molecule has 112 valence electrons. The standard InChI is InChI=1S/C15H30O3Si/c1-11(16)17-13-8-7-12(9-13)14(18-19(5)6)10-15(2,3)4/h12-14,19H,7-10H2,1-6H3. The number of carbonyl (C=O) groups excluding carboxylic acids is 1. The highest BCUT2D eigenvalue weighted by atomic mass is 28.3. The molecule has 0 bridgehead atoms. The number of hydrogen-bond donors (Lipinski definition) is 0. The van der Waals surface area contributed by atoms with E-state index in [-0.39, 0.29) is 17.5 Å². The van der Waals surface area contributed by atoms with Crippen LogP contribution >= 0.6 is 0 Å². The SMILES string of the molecule is CC(=O)OC1CCC(C(CC(C)(C)C)O[SiH](C)C)C1. The molecule has 0 aromatic heterocycles. The summed E-state index contributed by atoms with van der Waals surface area (Å²) in [7, 11) is -1.03. The highest BCUT2D eigenvalue weighted by Crippen LogP contribution is 2.36. The van der Waals surface area contributed by atoms with Crippen molar-refractivity contribution in [1.29, 1.82) is 0 Å². The lowest BCUT2D eigenvalue weighted by Gasteiger charge is -2.32. The fourth-order valence-corrected chi connectivity index (χ4v) is 3.95. The van der Waals surface area contributed by atoms with Crippen molar-refractivity contribution in [3.8, 4) is 0 Å². The average molecular weight is 286 g/mol. The van der Waals surface area contributed by atoms with Crippen LogP contribution in [-0.2, 0) is 14.0 Å². The Morgan fingerprint density at radius 3 is 2.42 bits per heavy atom. The van der Waals surface area contributed by atoms with Crippen molar-refractivity contribution in [3.05, 3.63) is 0 Å². The van der Waals surface area contributed by atoms with Crippen molar-refractivity contribution in [3.63, 3.8) is 0 Å². The summed E-state index contributed by atoms with van der Waals surface area (Å²) in [6, 6.07) is 0. The summed E-state index contributed by atoms with van der Waals surface area (Å²) < 4.78 is 11.6. The molecular formula is C15H30O3Si. The summed E-state index contributed by atoms with van der Waals surface area (Å²) in [6.07, 6.45) is 4.64. The molecule has 0 amide bonds. The van der Waals surface area contributed by atoms with E-state index in [9.17, 15) is 4.79 Å². The normalized spacial score (nSPS) is 25.6. The first-order valence-electron chi connectivity index (χ1n) is 7.50. The molecule has 0 spiro atoms. The third-order valence-electron chi connectivity index (χ3n) is 3.54. The highest BCUT2D eigenvalue weighted by Gasteiger charge is 2.35. The van der Waals surface area contributed by atoms with Gasteiger partial charge in [0.25, 0.3) is 0 Å². The molecule has 1 saturated carbocycles. The van der Waals surface area contributed by atoms with Gasteiger partial charge in [0.15, 0.2) is 9.04 Å². The first-order chi connectivity index (χ1) is 8.67. The van der Waals surface area contributed by atoms with Crippen LogP contribution < -0.4 is 0 Å². The average Bonchev–Trinajstić information content (AvgIpc) is 2.61. The zero-order chi connectivity index (χ0) is 14.6. The summed E-state index contributed by atoms with van der Waals surface area (Å²) >= 11 is 0. The molecule has 0 heterocycles. The third-order valence-corrected chi connectivity index (χ3v) is 4.44. The second-order valence-electron chi connectivity index (χ2n) is 7.29. The lowest BCUT2D eigenvalue weighted by Crippen LogP contribution is -2.32. The molecule has 0 aromatic carbocycles. The molecule has 3 nitrogen and oxygen atoms in total. The molecule has 1 aliphatic rings. The molecular weight excluding hydrogens is 256 g/mol. The predicted octanol–water partition coefficient (Wildman–Crippen LogP) is 3.52. The Morgan fingerprint density at radius 1 is 1.32 bits per heavy atom. The molecule has 0 saturated heterocycles. The summed E-state index contributed by atoms with van der Waals surface area (Å²) in [5, 5.41) is 0. The molecule has 0 aromatic rings. The first-order valence-corrected chi connectivity index (χ1v) is 10.3. The molecule has 1 fully saturated rings. The Kier molecular flexibility index (Phi) is 6.05. The van der Waals surface area contributed by atoms with E-state index in [1.165, 1.54) is 6.92 Å². The quantitative estimate of drug-likeness (QED) is 0.573. The Hall–Kier alpha value is -0.353. The van der Waals surface area contributed by atoms with Crippen molar-refractivity contribution in [1.82, 2.24) is 0 Å². The number of ether oxygens (including phenoxy) is 1. The van der Waals surface area contributed by atoms with E-state index < -0.39 is 9.04 Å². The van der Waals surface area contributed by atoms with E-state index in [2.05, 4.69) is 33.9 Å². The molecule has 0 radical (unpaired) electrons. The minimum absolute atomic E-state index is 0.113. The van der Waals surface area contributed by atoms with Gasteiger partial charge in [0, 0.05) is 13.0 Å². The fourth-order valence-electron chi connectivity index (χ4n) is 2.93. The largest absolute Gasteiger partial charge is 0.463 e. The maximum absolute atomic E-state index is 11.0. The van der Waals surface area contributed by atoms with Gasteiger partial charge in [-0.2, -0.15) is 0 Å². The van der Waals surface area contributed by atoms with Crippen LogP contribution in [0.3, 0.4) is 0 Å². The summed E-state index contributed by atoms with van der Waals surface area (Å²) in [5.74, 6) is 0.399. The molecule has 3 unspecified atom stereocenters. The maximum atomic E-state index is 11.0. The Labute approximate surface area is 119 Å². The lowest BCUT2D eigenvalue weighted by molar-refractivity contribution is -0.146. The van der Waals surface area contributed by atoms with Crippen molar-refractivity contribution >= 4 is 15.0 Å². The molecule has 0 aliphatic heterocycles. The summed E-state index contributed by atoms with van der Waals surface area (Å²) in [6.45, 7) is 12.8. The van der Waals surface area contributed by atoms with Gasteiger partial charge in [-0.25, -0.2) is 0 Å². The second kappa shape index (κ2) is 6.89. The zero-order valence-corrected chi connectivity index (χ0v) is 14.5. The number of rotatable bonds is 5. The Morgan fingerprint density at radius 2 is 1.95 bits per heavy atom. The first kappa shape index (κ1) is 16.7. The van der Waals surface area contributed by atoms with Gasteiger partial charge in [0.1, 0.15) is 6.10 Å². The van der Waals surface area contributed by atoms with Gasteiger partial charge in [-0.05, 0) is 50.1 Å². The van der Waals surface area contributed by atoms with Gasteiger partial charge in [0.05, 0.1) is 0 Å². The van der Waals surface area contributed by atoms with E-state index in [1.807, 2.05) is 0 Å². The fraction of sp³-hybridized carbons (Fsp3) is 0.933. The van der Waals surface area contributed by atoms with E-state index in [1.54, 1.807) is 0 Å². The maximum Gasteiger partial charge on any atom is 0.302 e. The number of carbonyl (C=O) groups is 1. The summed E-state index contributed by atoms with van der Waals surface area (Å²) in [5.41, 5.74) is 0.285. The lowest BCUT2D eigenvalue weighted by atomic mass is 9.84. The van der Waals surface area contributed by atoms with Crippen molar-refractivity contribution in [2.45, 2.75) is 78.7 Å². The van der Waals surface area contributed by atoms with Gasteiger partial charge in [-0.3, -0.25) is 4.79 Å². The molecule has 0 N–H and O–H groups in total. The van der Waals surface area contributed by atoms with E-state index in [0.29, 0.717) is 12.0 Å². The molecule has 3 atom stereocenters. The van der Waals surface area contributed by atoms with Crippen molar-refractivity contribution in [2.75, 3.05) is 0 Å². The van der Waals surface area contributed by atoms with E-state index in [4.69, 9.17) is 9.16 Å². The van der Waals surface area contributed by atoms with Crippen LogP contribution in [0.4, 0.5) is 0 Å². The van der Waals surface area contributed by atoms with Crippen molar-refractivity contribution in [2.24, 2.45) is 11.3 Å². The Bertz CT molecular complexity index is 296. The van der Waals surface area contributed by atoms with Gasteiger partial charge >= 0.3 is 5.97 Å². The van der Waals surface area contributed by atoms with Gasteiger partial charge in [0.2, 0.25) is 0 Å². The van der Waals surface area contributed by atoms with Gasteiger partial charge in [-0.1, -0.05) is 20.8 Å². The van der Waals surface area contributed by atoms with Crippen LogP contribution in [0.5, 0.6) is 0 Å². The van der Waals surface area contributed by atoms with Crippen LogP contribution in [0, 0.1) is 11.3 Å². The number of esters is 1. The van der Waals surface area contributed by atoms with Crippen LogP contribution in [-0.4, -0.2) is 27.2 Å². The number of hydrogen-bond acceptors (Lipinski definition) is 3. The minimum Gasteiger partial charge on any atom is -0.463 e. The minimum atomic E-state index is -1.03. The summed E-state index contributed by atoms with van der Waals surface area (Å²) in [4.78, 5) is 11.0. The van der Waals surface area contributed by atoms with Crippen LogP contribution in [0.15, 0.2) is 0 Å². The van der Waals surface area contributed by atoms with Crippen LogP contribution in [0.2, 0.25) is 13.1 Å². The van der Waals surface area contributed by atoms with Crippen LogP contribution in [0.1, 0.15) is 53.4 Å². The molecule has 1 aliphatic carbocycles. The van der Waals surface area contributed by atoms with E-state index in [0.717, 1.165) is 25.7 Å². The smallest absolute Gasteiger partial charge is 0.302 e. The third kappa shape index (κ3) is 6.57. The highest BCUT2D eigenvalue weighted by molar-refractivity contribution is 6.48. The van der Waals surface area contributed by atoms with Crippen molar-refractivity contribution < 1.29 is 14.0 Å². The molecule has 19 heavy (non-hydrogen) atoms.